The van der Waals surface area contributed by atoms with Crippen LogP contribution in [0.1, 0.15) is 49.7 Å². The SMILES string of the molecule is CCC(C(=O)[O-])c1ccccc1.CCC(C(=O)[O-])c1ccccc1.[Ag+2]. The van der Waals surface area contributed by atoms with Crippen molar-refractivity contribution in [3.05, 3.63) is 71.8 Å². The van der Waals surface area contributed by atoms with E-state index in [0.29, 0.717) is 12.8 Å². The molecular formula is C20H22AgO4. The number of benzene rings is 2. The van der Waals surface area contributed by atoms with E-state index in [2.05, 4.69) is 0 Å². The monoisotopic (exact) mass is 433 g/mol. The number of aliphatic carboxylic acids is 2. The van der Waals surface area contributed by atoms with Gasteiger partial charge in [0.1, 0.15) is 0 Å². The van der Waals surface area contributed by atoms with Crippen LogP contribution in [-0.2, 0) is 32.0 Å². The number of carbonyl (C=O) groups is 2. The molecule has 0 bridgehead atoms. The van der Waals surface area contributed by atoms with E-state index >= 15 is 0 Å². The van der Waals surface area contributed by atoms with Gasteiger partial charge in [0.15, 0.2) is 0 Å². The van der Waals surface area contributed by atoms with Crippen LogP contribution in [0.5, 0.6) is 0 Å². The quantitative estimate of drug-likeness (QED) is 0.651. The molecule has 0 aliphatic rings. The van der Waals surface area contributed by atoms with Crippen molar-refractivity contribution < 1.29 is 42.2 Å². The van der Waals surface area contributed by atoms with Gasteiger partial charge < -0.3 is 19.8 Å². The van der Waals surface area contributed by atoms with Gasteiger partial charge in [-0.15, -0.1) is 0 Å². The molecule has 0 heterocycles. The molecule has 0 saturated carbocycles. The van der Waals surface area contributed by atoms with Crippen LogP contribution >= 0.6 is 0 Å². The summed E-state index contributed by atoms with van der Waals surface area (Å²) in [5.41, 5.74) is 1.64. The van der Waals surface area contributed by atoms with Crippen molar-refractivity contribution in [1.29, 1.82) is 0 Å². The molecule has 0 aromatic heterocycles. The molecule has 0 saturated heterocycles. The van der Waals surface area contributed by atoms with Gasteiger partial charge in [-0.2, -0.15) is 0 Å². The van der Waals surface area contributed by atoms with Crippen LogP contribution in [0.3, 0.4) is 0 Å². The molecule has 0 aliphatic carbocycles. The Balaban J connectivity index is 0.000000443. The second kappa shape index (κ2) is 12.5. The summed E-state index contributed by atoms with van der Waals surface area (Å²) in [6, 6.07) is 18.3. The van der Waals surface area contributed by atoms with E-state index in [1.165, 1.54) is 0 Å². The minimum Gasteiger partial charge on any atom is -0.549 e. The molecule has 25 heavy (non-hydrogen) atoms. The van der Waals surface area contributed by atoms with E-state index in [0.717, 1.165) is 11.1 Å². The van der Waals surface area contributed by atoms with Crippen LogP contribution < -0.4 is 10.2 Å². The molecule has 2 rings (SSSR count). The standard InChI is InChI=1S/2C10H12O2.Ag/c2*1-2-9(10(11)12)8-6-4-3-5-7-8;/h2*3-7,9H,2H2,1H3,(H,11,12);/q;;+2/p-2. The predicted octanol–water partition coefficient (Wildman–Crippen LogP) is 1.86. The summed E-state index contributed by atoms with van der Waals surface area (Å²) in [5.74, 6) is -2.93. The molecule has 0 N–H and O–H groups in total. The van der Waals surface area contributed by atoms with E-state index in [9.17, 15) is 19.8 Å². The van der Waals surface area contributed by atoms with Crippen LogP contribution in [0.4, 0.5) is 0 Å². The molecule has 2 aromatic carbocycles. The van der Waals surface area contributed by atoms with Crippen molar-refractivity contribution >= 4 is 11.9 Å². The molecule has 137 valence electrons. The zero-order valence-electron chi connectivity index (χ0n) is 14.3. The van der Waals surface area contributed by atoms with Crippen LogP contribution in [0, 0.1) is 0 Å². The van der Waals surface area contributed by atoms with Crippen LogP contribution in [-0.4, -0.2) is 11.9 Å². The molecule has 0 aliphatic heterocycles. The first-order valence-corrected chi connectivity index (χ1v) is 8.02. The topological polar surface area (TPSA) is 80.3 Å². The summed E-state index contributed by atoms with van der Waals surface area (Å²) < 4.78 is 0. The second-order valence-corrected chi connectivity index (χ2v) is 5.38. The second-order valence-electron chi connectivity index (χ2n) is 5.38. The zero-order valence-corrected chi connectivity index (χ0v) is 15.8. The molecule has 1 radical (unpaired) electrons. The third-order valence-corrected chi connectivity index (χ3v) is 3.79. The average molecular weight is 434 g/mol. The summed E-state index contributed by atoms with van der Waals surface area (Å²) in [5, 5.41) is 21.2. The fourth-order valence-corrected chi connectivity index (χ4v) is 2.45. The first-order valence-electron chi connectivity index (χ1n) is 8.02. The Kier molecular flexibility index (Phi) is 11.5. The van der Waals surface area contributed by atoms with Gasteiger partial charge in [-0.25, -0.2) is 0 Å². The van der Waals surface area contributed by atoms with Crippen molar-refractivity contribution in [2.75, 3.05) is 0 Å². The number of carboxylic acids is 2. The van der Waals surface area contributed by atoms with Gasteiger partial charge in [0, 0.05) is 23.8 Å². The zero-order chi connectivity index (χ0) is 17.9. The van der Waals surface area contributed by atoms with E-state index in [4.69, 9.17) is 0 Å². The van der Waals surface area contributed by atoms with Crippen molar-refractivity contribution in [3.8, 4) is 0 Å². The van der Waals surface area contributed by atoms with Crippen LogP contribution in [0.2, 0.25) is 0 Å². The number of hydrogen-bond acceptors (Lipinski definition) is 4. The van der Waals surface area contributed by atoms with Gasteiger partial charge in [0.05, 0.1) is 0 Å². The van der Waals surface area contributed by atoms with Gasteiger partial charge in [0.25, 0.3) is 0 Å². The fourth-order valence-electron chi connectivity index (χ4n) is 2.45. The minimum atomic E-state index is -0.997. The van der Waals surface area contributed by atoms with Crippen LogP contribution in [0.25, 0.3) is 0 Å². The first kappa shape index (κ1) is 23.1. The fraction of sp³-hybridized carbons (Fsp3) is 0.300. The molecule has 5 heteroatoms. The van der Waals surface area contributed by atoms with Crippen molar-refractivity contribution in [3.63, 3.8) is 0 Å². The molecule has 2 atom stereocenters. The third-order valence-electron chi connectivity index (χ3n) is 3.79. The minimum absolute atomic E-state index is 0. The average Bonchev–Trinajstić information content (AvgIpc) is 2.58. The molecule has 2 unspecified atom stereocenters. The van der Waals surface area contributed by atoms with Gasteiger partial charge >= 0.3 is 22.4 Å². The predicted molar refractivity (Wildman–Crippen MR) is 89.0 cm³/mol. The van der Waals surface area contributed by atoms with E-state index in [1.54, 1.807) is 0 Å². The molecular weight excluding hydrogens is 412 g/mol. The number of carboxylic acid groups (broad SMARTS) is 2. The molecule has 4 nitrogen and oxygen atoms in total. The normalized spacial score (nSPS) is 11.9. The van der Waals surface area contributed by atoms with Crippen LogP contribution in [0.15, 0.2) is 60.7 Å². The molecule has 0 fully saturated rings. The van der Waals surface area contributed by atoms with Gasteiger partial charge in [-0.3, -0.25) is 0 Å². The number of carbonyl (C=O) groups excluding carboxylic acids is 2. The van der Waals surface area contributed by atoms with Crippen molar-refractivity contribution in [2.45, 2.75) is 38.5 Å². The van der Waals surface area contributed by atoms with Gasteiger partial charge in [-0.05, 0) is 24.0 Å². The summed E-state index contributed by atoms with van der Waals surface area (Å²) in [7, 11) is 0. The number of rotatable bonds is 6. The largest absolute Gasteiger partial charge is 2.00 e. The maximum atomic E-state index is 10.6. The van der Waals surface area contributed by atoms with Crippen molar-refractivity contribution in [2.24, 2.45) is 0 Å². The Hall–Kier alpha value is -1.88. The summed E-state index contributed by atoms with van der Waals surface area (Å²) in [6.45, 7) is 3.68. The van der Waals surface area contributed by atoms with E-state index < -0.39 is 23.8 Å². The molecule has 2 aromatic rings. The summed E-state index contributed by atoms with van der Waals surface area (Å²) in [4.78, 5) is 21.2. The summed E-state index contributed by atoms with van der Waals surface area (Å²) >= 11 is 0. The summed E-state index contributed by atoms with van der Waals surface area (Å²) in [6.07, 6.45) is 1.15. The first-order chi connectivity index (χ1) is 11.5. The smallest absolute Gasteiger partial charge is 0.549 e. The Morgan fingerprint density at radius 2 is 1.00 bits per heavy atom. The Morgan fingerprint density at radius 3 is 1.20 bits per heavy atom. The molecule has 0 spiro atoms. The molecule has 0 amide bonds. The third kappa shape index (κ3) is 7.69. The van der Waals surface area contributed by atoms with Gasteiger partial charge in [0.2, 0.25) is 0 Å². The Bertz CT molecular complexity index is 571. The maximum absolute atomic E-state index is 10.6. The van der Waals surface area contributed by atoms with E-state index in [1.807, 2.05) is 74.5 Å². The van der Waals surface area contributed by atoms with E-state index in [-0.39, 0.29) is 22.4 Å². The maximum Gasteiger partial charge on any atom is 2.00 e. The van der Waals surface area contributed by atoms with Crippen molar-refractivity contribution in [1.82, 2.24) is 0 Å². The number of hydrogen-bond donors (Lipinski definition) is 0. The Labute approximate surface area is 164 Å². The van der Waals surface area contributed by atoms with Gasteiger partial charge in [-0.1, -0.05) is 74.5 Å². The Morgan fingerprint density at radius 1 is 0.720 bits per heavy atom.